The molecule has 0 aliphatic carbocycles. The molecular formula is C11H13BrNO. The van der Waals surface area contributed by atoms with Gasteiger partial charge in [0.15, 0.2) is 0 Å². The van der Waals surface area contributed by atoms with Crippen molar-refractivity contribution in [2.24, 2.45) is 5.16 Å². The van der Waals surface area contributed by atoms with Gasteiger partial charge in [0.05, 0.1) is 0 Å². The molecule has 0 aliphatic rings. The molecule has 0 spiro atoms. The summed E-state index contributed by atoms with van der Waals surface area (Å²) in [6.45, 7) is 2.78. The Morgan fingerprint density at radius 3 is 2.71 bits per heavy atom. The standard InChI is InChI=1S/C11H13BrNO/c1-2-3-8-14-13-9-10-4-6-11(12)7-5-10/h4-7H,2-3,8H2,1H3. The summed E-state index contributed by atoms with van der Waals surface area (Å²) in [7, 11) is 0. The van der Waals surface area contributed by atoms with E-state index in [1.807, 2.05) is 24.3 Å². The van der Waals surface area contributed by atoms with Gasteiger partial charge in [0.2, 0.25) is 0 Å². The van der Waals surface area contributed by atoms with Crippen molar-refractivity contribution in [2.75, 3.05) is 6.61 Å². The fourth-order valence-electron chi connectivity index (χ4n) is 0.864. The first kappa shape index (κ1) is 11.2. The molecule has 0 fully saturated rings. The van der Waals surface area contributed by atoms with Gasteiger partial charge in [0.25, 0.3) is 0 Å². The normalized spacial score (nSPS) is 10.7. The van der Waals surface area contributed by atoms with Gasteiger partial charge in [-0.1, -0.05) is 46.6 Å². The lowest BCUT2D eigenvalue weighted by atomic mass is 10.2. The Balaban J connectivity index is 2.33. The van der Waals surface area contributed by atoms with Crippen LogP contribution < -0.4 is 0 Å². The molecule has 1 aromatic rings. The van der Waals surface area contributed by atoms with E-state index >= 15 is 0 Å². The third-order valence-electron chi connectivity index (χ3n) is 1.67. The van der Waals surface area contributed by atoms with Crippen molar-refractivity contribution < 1.29 is 4.84 Å². The molecule has 2 nitrogen and oxygen atoms in total. The summed E-state index contributed by atoms with van der Waals surface area (Å²) in [6.07, 6.45) is 4.96. The van der Waals surface area contributed by atoms with Crippen LogP contribution in [-0.2, 0) is 4.84 Å². The zero-order valence-corrected chi connectivity index (χ0v) is 9.75. The molecule has 3 heteroatoms. The van der Waals surface area contributed by atoms with Gasteiger partial charge in [-0.25, -0.2) is 0 Å². The number of halogens is 1. The Hall–Kier alpha value is -0.830. The molecule has 0 aliphatic heterocycles. The maximum Gasteiger partial charge on any atom is 0.139 e. The van der Waals surface area contributed by atoms with Crippen molar-refractivity contribution in [1.82, 2.24) is 0 Å². The van der Waals surface area contributed by atoms with Crippen LogP contribution in [0.2, 0.25) is 0 Å². The summed E-state index contributed by atoms with van der Waals surface area (Å²) in [5.74, 6) is 0. The number of nitrogens with zero attached hydrogens (tertiary/aromatic N) is 1. The van der Waals surface area contributed by atoms with E-state index in [0.29, 0.717) is 6.61 Å². The van der Waals surface area contributed by atoms with Gasteiger partial charge in [0, 0.05) is 10.0 Å². The second-order valence-electron chi connectivity index (χ2n) is 2.90. The first-order valence-electron chi connectivity index (χ1n) is 4.66. The van der Waals surface area contributed by atoms with Crippen LogP contribution in [0.4, 0.5) is 0 Å². The Morgan fingerprint density at radius 1 is 1.36 bits per heavy atom. The van der Waals surface area contributed by atoms with Crippen LogP contribution >= 0.6 is 15.9 Å². The lowest BCUT2D eigenvalue weighted by Crippen LogP contribution is -1.87. The van der Waals surface area contributed by atoms with Gasteiger partial charge in [-0.05, 0) is 18.6 Å². The number of benzene rings is 1. The highest BCUT2D eigenvalue weighted by Gasteiger charge is 1.89. The average molecular weight is 255 g/mol. The van der Waals surface area contributed by atoms with Gasteiger partial charge in [-0.15, -0.1) is 0 Å². The second-order valence-corrected chi connectivity index (χ2v) is 3.81. The van der Waals surface area contributed by atoms with E-state index in [2.05, 4.69) is 34.2 Å². The predicted octanol–water partition coefficient (Wildman–Crippen LogP) is 3.48. The summed E-state index contributed by atoms with van der Waals surface area (Å²) in [4.78, 5) is 5.01. The Labute approximate surface area is 93.1 Å². The van der Waals surface area contributed by atoms with Gasteiger partial charge in [-0.2, -0.15) is 0 Å². The first-order valence-corrected chi connectivity index (χ1v) is 5.46. The molecule has 14 heavy (non-hydrogen) atoms. The van der Waals surface area contributed by atoms with E-state index < -0.39 is 0 Å². The van der Waals surface area contributed by atoms with Crippen LogP contribution in [0, 0.1) is 0 Å². The molecule has 0 unspecified atom stereocenters. The summed E-state index contributed by atoms with van der Waals surface area (Å²) >= 11 is 3.36. The van der Waals surface area contributed by atoms with E-state index in [1.54, 1.807) is 0 Å². The van der Waals surface area contributed by atoms with Crippen LogP contribution in [0.5, 0.6) is 0 Å². The van der Waals surface area contributed by atoms with Crippen LogP contribution in [0.25, 0.3) is 0 Å². The van der Waals surface area contributed by atoms with Crippen LogP contribution in [-0.4, -0.2) is 12.8 Å². The first-order chi connectivity index (χ1) is 6.83. The molecule has 0 N–H and O–H groups in total. The molecule has 0 amide bonds. The molecule has 0 bridgehead atoms. The maximum absolute atomic E-state index is 5.01. The Kier molecular flexibility index (Phi) is 5.30. The zero-order chi connectivity index (χ0) is 10.2. The van der Waals surface area contributed by atoms with Gasteiger partial charge >= 0.3 is 0 Å². The third kappa shape index (κ3) is 4.42. The maximum atomic E-state index is 5.01. The summed E-state index contributed by atoms with van der Waals surface area (Å²) < 4.78 is 1.05. The highest BCUT2D eigenvalue weighted by Crippen LogP contribution is 2.08. The number of rotatable bonds is 5. The SMILES string of the molecule is CCCCO/N=[C]\c1ccc(Br)cc1. The van der Waals surface area contributed by atoms with Gasteiger partial charge in [0.1, 0.15) is 12.8 Å². The van der Waals surface area contributed by atoms with E-state index in [-0.39, 0.29) is 0 Å². The largest absolute Gasteiger partial charge is 0.395 e. The van der Waals surface area contributed by atoms with Crippen molar-refractivity contribution in [3.8, 4) is 0 Å². The molecule has 1 aromatic carbocycles. The monoisotopic (exact) mass is 254 g/mol. The van der Waals surface area contributed by atoms with Crippen LogP contribution in [0.1, 0.15) is 25.3 Å². The molecule has 1 rings (SSSR count). The molecule has 0 aromatic heterocycles. The van der Waals surface area contributed by atoms with Crippen LogP contribution in [0.15, 0.2) is 33.9 Å². The summed E-state index contributed by atoms with van der Waals surface area (Å²) in [5, 5.41) is 3.74. The average Bonchev–Trinajstić information content (AvgIpc) is 2.21. The van der Waals surface area contributed by atoms with Crippen molar-refractivity contribution in [1.29, 1.82) is 0 Å². The molecule has 1 radical (unpaired) electrons. The van der Waals surface area contributed by atoms with E-state index in [9.17, 15) is 0 Å². The fraction of sp³-hybridized carbons (Fsp3) is 0.364. The molecule has 0 saturated heterocycles. The number of hydrogen-bond donors (Lipinski definition) is 0. The topological polar surface area (TPSA) is 21.6 Å². The second kappa shape index (κ2) is 6.60. The third-order valence-corrected chi connectivity index (χ3v) is 2.20. The molecule has 75 valence electrons. The van der Waals surface area contributed by atoms with Crippen molar-refractivity contribution >= 4 is 22.1 Å². The van der Waals surface area contributed by atoms with E-state index in [4.69, 9.17) is 4.84 Å². The summed E-state index contributed by atoms with van der Waals surface area (Å²) in [5.41, 5.74) is 0.921. The van der Waals surface area contributed by atoms with Crippen molar-refractivity contribution in [3.63, 3.8) is 0 Å². The van der Waals surface area contributed by atoms with Crippen molar-refractivity contribution in [2.45, 2.75) is 19.8 Å². The molecule has 0 heterocycles. The zero-order valence-electron chi connectivity index (χ0n) is 8.16. The lowest BCUT2D eigenvalue weighted by Gasteiger charge is -1.95. The Bertz CT molecular complexity index is 282. The Morgan fingerprint density at radius 2 is 2.07 bits per heavy atom. The molecular weight excluding hydrogens is 242 g/mol. The minimum atomic E-state index is 0.667. The lowest BCUT2D eigenvalue weighted by molar-refractivity contribution is 0.143. The minimum absolute atomic E-state index is 0.667. The smallest absolute Gasteiger partial charge is 0.139 e. The van der Waals surface area contributed by atoms with Crippen molar-refractivity contribution in [3.05, 3.63) is 34.3 Å². The summed E-state index contributed by atoms with van der Waals surface area (Å²) in [6, 6.07) is 7.75. The van der Waals surface area contributed by atoms with E-state index in [0.717, 1.165) is 22.9 Å². The van der Waals surface area contributed by atoms with E-state index in [1.165, 1.54) is 0 Å². The highest BCUT2D eigenvalue weighted by molar-refractivity contribution is 9.10. The highest BCUT2D eigenvalue weighted by atomic mass is 79.9. The number of unbranched alkanes of at least 4 members (excludes halogenated alkanes) is 1. The predicted molar refractivity (Wildman–Crippen MR) is 61.5 cm³/mol. The van der Waals surface area contributed by atoms with Gasteiger partial charge < -0.3 is 4.84 Å². The van der Waals surface area contributed by atoms with Crippen LogP contribution in [0.3, 0.4) is 0 Å². The quantitative estimate of drug-likeness (QED) is 0.448. The minimum Gasteiger partial charge on any atom is -0.395 e. The molecule has 0 atom stereocenters. The number of hydrogen-bond acceptors (Lipinski definition) is 2. The molecule has 0 saturated carbocycles. The fourth-order valence-corrected chi connectivity index (χ4v) is 1.13. The van der Waals surface area contributed by atoms with Gasteiger partial charge in [-0.3, -0.25) is 0 Å².